The Morgan fingerprint density at radius 2 is 2.31 bits per heavy atom. The maximum atomic E-state index is 11.3. The van der Waals surface area contributed by atoms with Crippen molar-refractivity contribution in [1.29, 1.82) is 0 Å². The molecule has 1 aromatic heterocycles. The summed E-state index contributed by atoms with van der Waals surface area (Å²) in [6.45, 7) is 6.43. The maximum absolute atomic E-state index is 11.3. The minimum atomic E-state index is -0.216. The number of nitrogens with zero attached hydrogens (tertiary/aromatic N) is 2. The van der Waals surface area contributed by atoms with Crippen LogP contribution in [0.4, 0.5) is 5.13 Å². The van der Waals surface area contributed by atoms with Gasteiger partial charge in [-0.1, -0.05) is 0 Å². The Kier molecular flexibility index (Phi) is 4.73. The van der Waals surface area contributed by atoms with Crippen LogP contribution < -0.4 is 4.90 Å². The van der Waals surface area contributed by atoms with E-state index in [1.54, 1.807) is 18.3 Å². The van der Waals surface area contributed by atoms with Gasteiger partial charge in [0, 0.05) is 18.5 Å². The van der Waals surface area contributed by atoms with Gasteiger partial charge in [0.1, 0.15) is 0 Å². The van der Waals surface area contributed by atoms with E-state index in [0.29, 0.717) is 12.6 Å². The fraction of sp³-hybridized carbons (Fsp3) is 0.636. The van der Waals surface area contributed by atoms with E-state index in [9.17, 15) is 4.79 Å². The Morgan fingerprint density at radius 3 is 2.88 bits per heavy atom. The zero-order valence-electron chi connectivity index (χ0n) is 10.2. The first-order valence-electron chi connectivity index (χ1n) is 5.37. The van der Waals surface area contributed by atoms with Crippen molar-refractivity contribution in [2.75, 3.05) is 18.6 Å². The lowest BCUT2D eigenvalue weighted by Crippen LogP contribution is -2.25. The first-order valence-corrected chi connectivity index (χ1v) is 6.25. The standard InChI is InChI=1S/C11H18N2O2S/c1-5-15-10(14)6-9-7-16-11(12-9)13(4)8(2)3/h7-8H,5-6H2,1-4H3. The van der Waals surface area contributed by atoms with Gasteiger partial charge in [0.2, 0.25) is 0 Å². The van der Waals surface area contributed by atoms with Crippen molar-refractivity contribution >= 4 is 22.4 Å². The number of thiazole rings is 1. The molecule has 0 unspecified atom stereocenters. The molecule has 0 saturated heterocycles. The van der Waals surface area contributed by atoms with Crippen LogP contribution in [-0.4, -0.2) is 30.6 Å². The van der Waals surface area contributed by atoms with Crippen LogP contribution in [0.3, 0.4) is 0 Å². The van der Waals surface area contributed by atoms with Crippen LogP contribution in [-0.2, 0) is 16.0 Å². The Labute approximate surface area is 100 Å². The van der Waals surface area contributed by atoms with E-state index in [1.807, 2.05) is 12.4 Å². The first kappa shape index (κ1) is 13.0. The number of hydrogen-bond donors (Lipinski definition) is 0. The zero-order chi connectivity index (χ0) is 12.1. The quantitative estimate of drug-likeness (QED) is 0.742. The predicted molar refractivity (Wildman–Crippen MR) is 66.0 cm³/mol. The Morgan fingerprint density at radius 1 is 1.62 bits per heavy atom. The van der Waals surface area contributed by atoms with Crippen LogP contribution in [0.25, 0.3) is 0 Å². The highest BCUT2D eigenvalue weighted by Crippen LogP contribution is 2.21. The number of carbonyl (C=O) groups excluding carboxylic acids is 1. The summed E-state index contributed by atoms with van der Waals surface area (Å²) in [6, 6.07) is 0.404. The molecule has 0 fully saturated rings. The van der Waals surface area contributed by atoms with Crippen molar-refractivity contribution in [3.05, 3.63) is 11.1 Å². The number of hydrogen-bond acceptors (Lipinski definition) is 5. The second kappa shape index (κ2) is 5.84. The highest BCUT2D eigenvalue weighted by molar-refractivity contribution is 7.13. The van der Waals surface area contributed by atoms with Gasteiger partial charge in [-0.25, -0.2) is 4.98 Å². The van der Waals surface area contributed by atoms with Gasteiger partial charge >= 0.3 is 5.97 Å². The summed E-state index contributed by atoms with van der Waals surface area (Å²) in [4.78, 5) is 17.7. The van der Waals surface area contributed by atoms with E-state index in [-0.39, 0.29) is 12.4 Å². The molecule has 0 aromatic carbocycles. The molecule has 0 aliphatic carbocycles. The summed E-state index contributed by atoms with van der Waals surface area (Å²) in [7, 11) is 2.00. The lowest BCUT2D eigenvalue weighted by atomic mass is 10.3. The molecule has 0 saturated carbocycles. The molecule has 0 aliphatic heterocycles. The minimum absolute atomic E-state index is 0.216. The molecule has 90 valence electrons. The van der Waals surface area contributed by atoms with E-state index in [4.69, 9.17) is 4.74 Å². The number of ether oxygens (including phenoxy) is 1. The average molecular weight is 242 g/mol. The smallest absolute Gasteiger partial charge is 0.311 e. The molecule has 1 heterocycles. The molecule has 0 amide bonds. The van der Waals surface area contributed by atoms with Crippen LogP contribution in [0.2, 0.25) is 0 Å². The van der Waals surface area contributed by atoms with Crippen molar-refractivity contribution in [3.8, 4) is 0 Å². The van der Waals surface area contributed by atoms with Gasteiger partial charge in [0.25, 0.3) is 0 Å². The molecule has 4 nitrogen and oxygen atoms in total. The van der Waals surface area contributed by atoms with Crippen LogP contribution in [0, 0.1) is 0 Å². The minimum Gasteiger partial charge on any atom is -0.466 e. The van der Waals surface area contributed by atoms with Gasteiger partial charge in [-0.3, -0.25) is 4.79 Å². The SMILES string of the molecule is CCOC(=O)Cc1csc(N(C)C(C)C)n1. The molecular formula is C11H18N2O2S. The third-order valence-corrected chi connectivity index (χ3v) is 3.23. The topological polar surface area (TPSA) is 42.4 Å². The number of aromatic nitrogens is 1. The second-order valence-corrected chi connectivity index (χ2v) is 4.64. The van der Waals surface area contributed by atoms with E-state index >= 15 is 0 Å². The molecule has 0 atom stereocenters. The van der Waals surface area contributed by atoms with Crippen LogP contribution in [0.5, 0.6) is 0 Å². The number of anilines is 1. The zero-order valence-corrected chi connectivity index (χ0v) is 11.0. The number of rotatable bonds is 5. The van der Waals surface area contributed by atoms with Crippen LogP contribution in [0.1, 0.15) is 26.5 Å². The normalized spacial score (nSPS) is 10.6. The maximum Gasteiger partial charge on any atom is 0.311 e. The fourth-order valence-corrected chi connectivity index (χ4v) is 2.04. The van der Waals surface area contributed by atoms with Gasteiger partial charge in [-0.05, 0) is 20.8 Å². The van der Waals surface area contributed by atoms with Crippen molar-refractivity contribution in [1.82, 2.24) is 4.98 Å². The lowest BCUT2D eigenvalue weighted by molar-refractivity contribution is -0.142. The highest BCUT2D eigenvalue weighted by atomic mass is 32.1. The van der Waals surface area contributed by atoms with Gasteiger partial charge < -0.3 is 9.64 Å². The van der Waals surface area contributed by atoms with Gasteiger partial charge in [-0.15, -0.1) is 11.3 Å². The molecule has 0 bridgehead atoms. The Bertz CT molecular complexity index is 350. The molecule has 5 heteroatoms. The molecular weight excluding hydrogens is 224 g/mol. The lowest BCUT2D eigenvalue weighted by Gasteiger charge is -2.19. The summed E-state index contributed by atoms with van der Waals surface area (Å²) in [6.07, 6.45) is 0.260. The summed E-state index contributed by atoms with van der Waals surface area (Å²) >= 11 is 1.55. The molecule has 16 heavy (non-hydrogen) atoms. The number of esters is 1. The molecule has 1 aromatic rings. The molecule has 0 radical (unpaired) electrons. The van der Waals surface area contributed by atoms with Gasteiger partial charge in [-0.2, -0.15) is 0 Å². The third kappa shape index (κ3) is 3.48. The Balaban J connectivity index is 2.61. The number of carbonyl (C=O) groups is 1. The summed E-state index contributed by atoms with van der Waals surface area (Å²) in [5.74, 6) is -0.216. The molecule has 0 N–H and O–H groups in total. The highest BCUT2D eigenvalue weighted by Gasteiger charge is 2.12. The van der Waals surface area contributed by atoms with E-state index in [2.05, 4.69) is 23.7 Å². The molecule has 1 rings (SSSR count). The predicted octanol–water partition coefficient (Wildman–Crippen LogP) is 2.09. The van der Waals surface area contributed by atoms with E-state index in [0.717, 1.165) is 10.8 Å². The average Bonchev–Trinajstić information content (AvgIpc) is 2.65. The van der Waals surface area contributed by atoms with Crippen molar-refractivity contribution in [2.24, 2.45) is 0 Å². The largest absolute Gasteiger partial charge is 0.466 e. The third-order valence-electron chi connectivity index (χ3n) is 2.25. The summed E-state index contributed by atoms with van der Waals surface area (Å²) < 4.78 is 4.88. The van der Waals surface area contributed by atoms with Crippen molar-refractivity contribution in [3.63, 3.8) is 0 Å². The van der Waals surface area contributed by atoms with Crippen LogP contribution >= 0.6 is 11.3 Å². The van der Waals surface area contributed by atoms with E-state index in [1.165, 1.54) is 0 Å². The first-order chi connectivity index (χ1) is 7.54. The Hall–Kier alpha value is -1.10. The summed E-state index contributed by atoms with van der Waals surface area (Å²) in [5.41, 5.74) is 0.783. The molecule has 0 spiro atoms. The molecule has 0 aliphatic rings. The van der Waals surface area contributed by atoms with Crippen molar-refractivity contribution in [2.45, 2.75) is 33.2 Å². The van der Waals surface area contributed by atoms with Gasteiger partial charge in [0.15, 0.2) is 5.13 Å². The van der Waals surface area contributed by atoms with E-state index < -0.39 is 0 Å². The monoisotopic (exact) mass is 242 g/mol. The second-order valence-electron chi connectivity index (χ2n) is 3.81. The van der Waals surface area contributed by atoms with Gasteiger partial charge in [0.05, 0.1) is 18.7 Å². The van der Waals surface area contributed by atoms with Crippen LogP contribution in [0.15, 0.2) is 5.38 Å². The fourth-order valence-electron chi connectivity index (χ4n) is 1.12. The van der Waals surface area contributed by atoms with Crippen molar-refractivity contribution < 1.29 is 9.53 Å². The summed E-state index contributed by atoms with van der Waals surface area (Å²) in [5, 5.41) is 2.85.